The van der Waals surface area contributed by atoms with Crippen molar-refractivity contribution in [3.8, 4) is 0 Å². The molecule has 0 aliphatic rings. The molecule has 142 valence electrons. The molecule has 3 rings (SSSR count). The molecule has 0 atom stereocenters. The van der Waals surface area contributed by atoms with Crippen molar-refractivity contribution in [3.05, 3.63) is 88.7 Å². The van der Waals surface area contributed by atoms with Crippen LogP contribution in [0.2, 0.25) is 0 Å². The molecule has 2 amide bonds. The molecule has 3 aromatic rings. The Bertz CT molecular complexity index is 1070. The van der Waals surface area contributed by atoms with Gasteiger partial charge in [0.2, 0.25) is 0 Å². The number of carbonyl (C=O) groups excluding carboxylic acids is 2. The van der Waals surface area contributed by atoms with Crippen LogP contribution < -0.4 is 10.6 Å². The van der Waals surface area contributed by atoms with Crippen LogP contribution in [-0.2, 0) is 0 Å². The number of aromatic nitrogens is 1. The molecule has 0 fully saturated rings. The lowest BCUT2D eigenvalue weighted by Gasteiger charge is -2.10. The smallest absolute Gasteiger partial charge is 0.257 e. The first kappa shape index (κ1) is 19.2. The zero-order chi connectivity index (χ0) is 20.3. The van der Waals surface area contributed by atoms with Gasteiger partial charge in [0.05, 0.1) is 11.1 Å². The molecule has 0 aliphatic heterocycles. The highest BCUT2D eigenvalue weighted by molar-refractivity contribution is 6.08. The quantitative estimate of drug-likeness (QED) is 0.700. The van der Waals surface area contributed by atoms with Gasteiger partial charge < -0.3 is 10.6 Å². The predicted octanol–water partition coefficient (Wildman–Crippen LogP) is 4.48. The third-order valence-corrected chi connectivity index (χ3v) is 4.08. The summed E-state index contributed by atoms with van der Waals surface area (Å²) in [4.78, 5) is 28.8. The van der Waals surface area contributed by atoms with Gasteiger partial charge in [-0.25, -0.2) is 8.78 Å². The molecule has 0 aliphatic carbocycles. The molecule has 7 heteroatoms. The van der Waals surface area contributed by atoms with Crippen LogP contribution in [0.25, 0.3) is 0 Å². The van der Waals surface area contributed by atoms with Gasteiger partial charge in [0.1, 0.15) is 0 Å². The van der Waals surface area contributed by atoms with Gasteiger partial charge in [-0.2, -0.15) is 0 Å². The Morgan fingerprint density at radius 1 is 0.821 bits per heavy atom. The summed E-state index contributed by atoms with van der Waals surface area (Å²) in [5, 5.41) is 5.24. The van der Waals surface area contributed by atoms with E-state index in [2.05, 4.69) is 15.6 Å². The number of benzene rings is 2. The largest absolute Gasteiger partial charge is 0.322 e. The number of rotatable bonds is 4. The fourth-order valence-electron chi connectivity index (χ4n) is 2.53. The van der Waals surface area contributed by atoms with E-state index in [4.69, 9.17) is 0 Å². The fraction of sp³-hybridized carbons (Fsp3) is 0.0952. The first-order valence-electron chi connectivity index (χ1n) is 8.43. The van der Waals surface area contributed by atoms with Gasteiger partial charge in [0.25, 0.3) is 11.8 Å². The van der Waals surface area contributed by atoms with E-state index in [0.717, 1.165) is 23.3 Å². The number of anilines is 2. The van der Waals surface area contributed by atoms with E-state index in [1.807, 2.05) is 32.0 Å². The number of hydrogen-bond donors (Lipinski definition) is 2. The van der Waals surface area contributed by atoms with Gasteiger partial charge in [-0.05, 0) is 49.2 Å². The Labute approximate surface area is 160 Å². The van der Waals surface area contributed by atoms with Crippen molar-refractivity contribution in [2.75, 3.05) is 10.6 Å². The number of nitrogens with one attached hydrogen (secondary N) is 2. The SMILES string of the molecule is Cc1ccc(C)c(NC(=O)c2cncc(C(=O)Nc3ccc(F)c(F)c3)c2)c1. The van der Waals surface area contributed by atoms with Crippen LogP contribution in [0.1, 0.15) is 31.8 Å². The van der Waals surface area contributed by atoms with Crippen LogP contribution in [0.4, 0.5) is 20.2 Å². The van der Waals surface area contributed by atoms with Crippen molar-refractivity contribution in [1.29, 1.82) is 0 Å². The molecule has 0 radical (unpaired) electrons. The molecule has 2 N–H and O–H groups in total. The zero-order valence-electron chi connectivity index (χ0n) is 15.2. The van der Waals surface area contributed by atoms with E-state index in [9.17, 15) is 18.4 Å². The summed E-state index contributed by atoms with van der Waals surface area (Å²) in [5.41, 5.74) is 2.96. The molecule has 2 aromatic carbocycles. The number of amides is 2. The van der Waals surface area contributed by atoms with Crippen LogP contribution in [0, 0.1) is 25.5 Å². The van der Waals surface area contributed by atoms with E-state index < -0.39 is 23.4 Å². The minimum Gasteiger partial charge on any atom is -0.322 e. The second-order valence-corrected chi connectivity index (χ2v) is 6.32. The molecule has 28 heavy (non-hydrogen) atoms. The van der Waals surface area contributed by atoms with Crippen LogP contribution in [0.5, 0.6) is 0 Å². The molecular formula is C21H17F2N3O2. The van der Waals surface area contributed by atoms with Gasteiger partial charge in [0.15, 0.2) is 11.6 Å². The Balaban J connectivity index is 1.77. The summed E-state index contributed by atoms with van der Waals surface area (Å²) < 4.78 is 26.3. The number of nitrogens with zero attached hydrogens (tertiary/aromatic N) is 1. The van der Waals surface area contributed by atoms with Crippen molar-refractivity contribution in [2.24, 2.45) is 0 Å². The Morgan fingerprint density at radius 3 is 2.18 bits per heavy atom. The summed E-state index contributed by atoms with van der Waals surface area (Å²) in [5.74, 6) is -3.09. The van der Waals surface area contributed by atoms with Crippen LogP contribution in [0.15, 0.2) is 54.9 Å². The maximum atomic E-state index is 13.3. The average molecular weight is 381 g/mol. The third kappa shape index (κ3) is 4.37. The van der Waals surface area contributed by atoms with Crippen LogP contribution in [0.3, 0.4) is 0 Å². The second-order valence-electron chi connectivity index (χ2n) is 6.32. The first-order chi connectivity index (χ1) is 13.3. The molecule has 5 nitrogen and oxygen atoms in total. The lowest BCUT2D eigenvalue weighted by atomic mass is 10.1. The molecule has 0 unspecified atom stereocenters. The maximum Gasteiger partial charge on any atom is 0.257 e. The number of halogens is 2. The van der Waals surface area contributed by atoms with Gasteiger partial charge in [-0.1, -0.05) is 12.1 Å². The zero-order valence-corrected chi connectivity index (χ0v) is 15.2. The monoisotopic (exact) mass is 381 g/mol. The minimum absolute atomic E-state index is 0.0918. The van der Waals surface area contributed by atoms with Gasteiger partial charge in [-0.3, -0.25) is 14.6 Å². The van der Waals surface area contributed by atoms with E-state index >= 15 is 0 Å². The highest BCUT2D eigenvalue weighted by Gasteiger charge is 2.13. The Hall–Kier alpha value is -3.61. The number of carbonyl (C=O) groups is 2. The topological polar surface area (TPSA) is 71.1 Å². The van der Waals surface area contributed by atoms with Gasteiger partial charge in [-0.15, -0.1) is 0 Å². The summed E-state index contributed by atoms with van der Waals surface area (Å²) in [6.07, 6.45) is 2.62. The van der Waals surface area contributed by atoms with E-state index in [1.165, 1.54) is 24.5 Å². The third-order valence-electron chi connectivity index (χ3n) is 4.08. The van der Waals surface area contributed by atoms with Crippen molar-refractivity contribution >= 4 is 23.2 Å². The van der Waals surface area contributed by atoms with Gasteiger partial charge >= 0.3 is 0 Å². The van der Waals surface area contributed by atoms with E-state index in [-0.39, 0.29) is 16.8 Å². The highest BCUT2D eigenvalue weighted by atomic mass is 19.2. The van der Waals surface area contributed by atoms with E-state index in [1.54, 1.807) is 0 Å². The molecule has 1 aromatic heterocycles. The van der Waals surface area contributed by atoms with Crippen molar-refractivity contribution in [1.82, 2.24) is 4.98 Å². The molecule has 0 bridgehead atoms. The Kier molecular flexibility index (Phi) is 5.44. The van der Waals surface area contributed by atoms with Crippen molar-refractivity contribution < 1.29 is 18.4 Å². The summed E-state index contributed by atoms with van der Waals surface area (Å²) in [6, 6.07) is 10.1. The Morgan fingerprint density at radius 2 is 1.50 bits per heavy atom. The van der Waals surface area contributed by atoms with Crippen molar-refractivity contribution in [3.63, 3.8) is 0 Å². The van der Waals surface area contributed by atoms with Gasteiger partial charge in [0, 0.05) is 29.8 Å². The van der Waals surface area contributed by atoms with Crippen LogP contribution >= 0.6 is 0 Å². The second kappa shape index (κ2) is 7.96. The average Bonchev–Trinajstić information content (AvgIpc) is 2.67. The number of pyridine rings is 1. The molecular weight excluding hydrogens is 364 g/mol. The molecule has 0 saturated carbocycles. The van der Waals surface area contributed by atoms with Crippen LogP contribution in [-0.4, -0.2) is 16.8 Å². The lowest BCUT2D eigenvalue weighted by Crippen LogP contribution is -2.16. The fourth-order valence-corrected chi connectivity index (χ4v) is 2.53. The normalized spacial score (nSPS) is 10.4. The summed E-state index contributed by atoms with van der Waals surface area (Å²) in [7, 11) is 0. The first-order valence-corrected chi connectivity index (χ1v) is 8.43. The number of aryl methyl sites for hydroxylation is 2. The predicted molar refractivity (Wildman–Crippen MR) is 102 cm³/mol. The standard InChI is InChI=1S/C21H17F2N3O2/c1-12-3-4-13(2)19(7-12)26-21(28)15-8-14(10-24-11-15)20(27)25-16-5-6-17(22)18(23)9-16/h3-11H,1-2H3,(H,25,27)(H,26,28). The summed E-state index contributed by atoms with van der Waals surface area (Å²) >= 11 is 0. The molecule has 1 heterocycles. The van der Waals surface area contributed by atoms with Crippen molar-refractivity contribution in [2.45, 2.75) is 13.8 Å². The maximum absolute atomic E-state index is 13.3. The minimum atomic E-state index is -1.07. The molecule has 0 spiro atoms. The highest BCUT2D eigenvalue weighted by Crippen LogP contribution is 2.18. The number of hydrogen-bond acceptors (Lipinski definition) is 3. The van der Waals surface area contributed by atoms with E-state index in [0.29, 0.717) is 5.69 Å². The summed E-state index contributed by atoms with van der Waals surface area (Å²) in [6.45, 7) is 3.79. The molecule has 0 saturated heterocycles. The lowest BCUT2D eigenvalue weighted by molar-refractivity contribution is 0.102.